The zero-order valence-corrected chi connectivity index (χ0v) is 20.8. The molecule has 0 N–H and O–H groups in total. The van der Waals surface area contributed by atoms with Crippen LogP contribution in [0, 0.1) is 11.3 Å². The smallest absolute Gasteiger partial charge is 0.155 e. The van der Waals surface area contributed by atoms with Gasteiger partial charge in [-0.05, 0) is 42.3 Å². The van der Waals surface area contributed by atoms with Gasteiger partial charge in [-0.1, -0.05) is 37.6 Å². The third-order valence-corrected chi connectivity index (χ3v) is 7.18. The van der Waals surface area contributed by atoms with Gasteiger partial charge in [0.15, 0.2) is 5.75 Å². The highest BCUT2D eigenvalue weighted by atomic mass is 35.5. The summed E-state index contributed by atoms with van der Waals surface area (Å²) in [5.74, 6) is 2.32. The van der Waals surface area contributed by atoms with Gasteiger partial charge in [0.2, 0.25) is 0 Å². The van der Waals surface area contributed by atoms with Crippen molar-refractivity contribution < 1.29 is 9.47 Å². The predicted octanol–water partition coefficient (Wildman–Crippen LogP) is 6.33. The number of benzene rings is 2. The summed E-state index contributed by atoms with van der Waals surface area (Å²) in [6.07, 6.45) is 0. The Morgan fingerprint density at radius 3 is 2.52 bits per heavy atom. The summed E-state index contributed by atoms with van der Waals surface area (Å²) in [5.41, 5.74) is 2.01. The number of nitriles is 1. The Hall–Kier alpha value is -1.52. The molecule has 0 saturated carbocycles. The molecule has 164 valence electrons. The number of halogens is 2. The van der Waals surface area contributed by atoms with Crippen molar-refractivity contribution in [2.75, 3.05) is 24.8 Å². The first-order valence-corrected chi connectivity index (χ1v) is 12.1. The van der Waals surface area contributed by atoms with Crippen molar-refractivity contribution in [3.8, 4) is 17.6 Å². The van der Waals surface area contributed by atoms with Crippen molar-refractivity contribution in [1.29, 1.82) is 5.26 Å². The van der Waals surface area contributed by atoms with Crippen molar-refractivity contribution in [2.24, 2.45) is 4.99 Å². The second-order valence-corrected chi connectivity index (χ2v) is 10.7. The monoisotopic (exact) mass is 494 g/mol. The highest BCUT2D eigenvalue weighted by Gasteiger charge is 2.27. The highest BCUT2D eigenvalue weighted by molar-refractivity contribution is 8.14. The molecule has 0 amide bonds. The predicted molar refractivity (Wildman–Crippen MR) is 134 cm³/mol. The number of nitrogens with zero attached hydrogens (tertiary/aromatic N) is 2. The van der Waals surface area contributed by atoms with Crippen LogP contribution in [-0.2, 0) is 5.41 Å². The van der Waals surface area contributed by atoms with Gasteiger partial charge in [-0.15, -0.1) is 36.0 Å². The molecule has 0 aliphatic carbocycles. The van der Waals surface area contributed by atoms with Crippen molar-refractivity contribution >= 4 is 52.6 Å². The third-order valence-electron chi connectivity index (χ3n) is 5.03. The van der Waals surface area contributed by atoms with Gasteiger partial charge in [0.05, 0.1) is 16.5 Å². The number of rotatable bonds is 8. The fourth-order valence-corrected chi connectivity index (χ4v) is 4.88. The Bertz CT molecular complexity index is 1020. The van der Waals surface area contributed by atoms with Crippen LogP contribution in [0.25, 0.3) is 0 Å². The van der Waals surface area contributed by atoms with Gasteiger partial charge in [0.1, 0.15) is 34.9 Å². The van der Waals surface area contributed by atoms with Crippen molar-refractivity contribution in [3.63, 3.8) is 0 Å². The molecule has 2 aromatic rings. The first kappa shape index (κ1) is 24.1. The van der Waals surface area contributed by atoms with E-state index in [0.717, 1.165) is 27.7 Å². The second-order valence-electron chi connectivity index (χ2n) is 7.93. The third kappa shape index (κ3) is 5.84. The van der Waals surface area contributed by atoms with E-state index < -0.39 is 0 Å². The van der Waals surface area contributed by atoms with Gasteiger partial charge >= 0.3 is 0 Å². The van der Waals surface area contributed by atoms with Crippen LogP contribution in [0.15, 0.2) is 41.4 Å². The Balaban J connectivity index is 1.77. The first-order chi connectivity index (χ1) is 14.7. The largest absolute Gasteiger partial charge is 0.489 e. The molecule has 1 unspecified atom stereocenters. The van der Waals surface area contributed by atoms with Crippen LogP contribution in [0.3, 0.4) is 0 Å². The van der Waals surface area contributed by atoms with Crippen LogP contribution < -0.4 is 9.47 Å². The van der Waals surface area contributed by atoms with E-state index in [9.17, 15) is 5.26 Å². The topological polar surface area (TPSA) is 54.6 Å². The van der Waals surface area contributed by atoms with Crippen LogP contribution in [0.1, 0.15) is 37.5 Å². The lowest BCUT2D eigenvalue weighted by Gasteiger charge is -2.27. The maximum absolute atomic E-state index is 9.57. The van der Waals surface area contributed by atoms with Crippen LogP contribution in [-0.4, -0.2) is 34.8 Å². The quantitative estimate of drug-likeness (QED) is 0.344. The molecule has 2 aromatic carbocycles. The van der Waals surface area contributed by atoms with E-state index in [0.29, 0.717) is 35.4 Å². The molecule has 0 radical (unpaired) electrons. The van der Waals surface area contributed by atoms with Crippen molar-refractivity contribution in [1.82, 2.24) is 0 Å². The van der Waals surface area contributed by atoms with Crippen LogP contribution in [0.2, 0.25) is 5.02 Å². The molecule has 1 heterocycles. The summed E-state index contributed by atoms with van der Waals surface area (Å²) in [7, 11) is 0. The summed E-state index contributed by atoms with van der Waals surface area (Å²) < 4.78 is 11.4. The normalized spacial score (nSPS) is 18.4. The van der Waals surface area contributed by atoms with E-state index in [1.807, 2.05) is 43.3 Å². The summed E-state index contributed by atoms with van der Waals surface area (Å²) >= 11 is 18.3. The maximum atomic E-state index is 9.57. The number of thioether (sulfide) groups is 1. The number of thiol groups is 1. The van der Waals surface area contributed by atoms with E-state index in [2.05, 4.69) is 37.5 Å². The lowest BCUT2D eigenvalue weighted by molar-refractivity contribution is 0.341. The fraction of sp³-hybridized carbons (Fsp3) is 0.391. The first-order valence-electron chi connectivity index (χ1n) is 9.76. The summed E-state index contributed by atoms with van der Waals surface area (Å²) in [4.78, 5) is 4.23. The molecule has 1 atom stereocenters. The molecule has 31 heavy (non-hydrogen) atoms. The Labute approximate surface area is 203 Å². The minimum atomic E-state index is -0.377. The van der Waals surface area contributed by atoms with E-state index in [-0.39, 0.29) is 10.3 Å². The standard InChI is InChI=1S/C23H24Cl2N2O2S2/c1-22(2,17-10-15(12-26)21(19(25)11-17)28-9-8-24)16-4-6-18(7-5-16)29-13-20-27-23(3,30)14-31-20/h4-7,10-11,30H,8-9,13-14H2,1-3H3. The summed E-state index contributed by atoms with van der Waals surface area (Å²) in [6.45, 7) is 6.90. The summed E-state index contributed by atoms with van der Waals surface area (Å²) in [5, 5.41) is 10.9. The molecular formula is C23H24Cl2N2O2S2. The molecule has 0 spiro atoms. The second kappa shape index (κ2) is 9.95. The van der Waals surface area contributed by atoms with Crippen LogP contribution >= 0.6 is 47.6 Å². The van der Waals surface area contributed by atoms with Crippen molar-refractivity contribution in [3.05, 3.63) is 58.1 Å². The SMILES string of the molecule is CC1(S)CSC(COc2ccc(C(C)(C)c3cc(Cl)c(OCCCl)c(C#N)c3)cc2)=N1. The van der Waals surface area contributed by atoms with E-state index in [1.165, 1.54) is 0 Å². The minimum Gasteiger partial charge on any atom is -0.489 e. The minimum absolute atomic E-state index is 0.290. The number of hydrogen-bond acceptors (Lipinski definition) is 6. The molecule has 0 aromatic heterocycles. The molecule has 3 rings (SSSR count). The Morgan fingerprint density at radius 2 is 1.94 bits per heavy atom. The highest BCUT2D eigenvalue weighted by Crippen LogP contribution is 2.38. The fourth-order valence-electron chi connectivity index (χ4n) is 3.23. The van der Waals surface area contributed by atoms with Gasteiger partial charge in [-0.3, -0.25) is 4.99 Å². The molecular weight excluding hydrogens is 471 g/mol. The van der Waals surface area contributed by atoms with Gasteiger partial charge in [-0.2, -0.15) is 5.26 Å². The molecule has 0 bridgehead atoms. The molecule has 1 aliphatic heterocycles. The van der Waals surface area contributed by atoms with Crippen LogP contribution in [0.4, 0.5) is 0 Å². The van der Waals surface area contributed by atoms with E-state index >= 15 is 0 Å². The van der Waals surface area contributed by atoms with Gasteiger partial charge in [0, 0.05) is 11.2 Å². The Kier molecular flexibility index (Phi) is 7.75. The van der Waals surface area contributed by atoms with Crippen molar-refractivity contribution in [2.45, 2.75) is 31.1 Å². The number of alkyl halides is 1. The molecule has 0 fully saturated rings. The molecule has 4 nitrogen and oxygen atoms in total. The number of aliphatic imine (C=N–C) groups is 1. The van der Waals surface area contributed by atoms with E-state index in [4.69, 9.17) is 32.7 Å². The number of ether oxygens (including phenoxy) is 2. The number of hydrogen-bond donors (Lipinski definition) is 1. The molecule has 8 heteroatoms. The molecule has 1 aliphatic rings. The average molecular weight is 495 g/mol. The lowest BCUT2D eigenvalue weighted by atomic mass is 9.77. The van der Waals surface area contributed by atoms with Gasteiger partial charge < -0.3 is 9.47 Å². The zero-order chi connectivity index (χ0) is 22.6. The molecule has 0 saturated heterocycles. The average Bonchev–Trinajstić information content (AvgIpc) is 3.09. The van der Waals surface area contributed by atoms with E-state index in [1.54, 1.807) is 11.8 Å². The van der Waals surface area contributed by atoms with Gasteiger partial charge in [0.25, 0.3) is 0 Å². The van der Waals surface area contributed by atoms with Gasteiger partial charge in [-0.25, -0.2) is 0 Å². The summed E-state index contributed by atoms with van der Waals surface area (Å²) in [6, 6.07) is 13.8. The zero-order valence-electron chi connectivity index (χ0n) is 17.6. The maximum Gasteiger partial charge on any atom is 0.155 e. The Morgan fingerprint density at radius 1 is 1.23 bits per heavy atom. The lowest BCUT2D eigenvalue weighted by Crippen LogP contribution is -2.19. The van der Waals surface area contributed by atoms with Crippen LogP contribution in [0.5, 0.6) is 11.5 Å².